The molecule has 30 heavy (non-hydrogen) atoms. The first-order valence-corrected chi connectivity index (χ1v) is 10.6. The van der Waals surface area contributed by atoms with E-state index in [1.165, 1.54) is 0 Å². The quantitative estimate of drug-likeness (QED) is 0.790. The number of carbonyl (C=O) groups excluding carboxylic acids is 2. The number of benzene rings is 1. The van der Waals surface area contributed by atoms with Gasteiger partial charge in [-0.05, 0) is 43.4 Å². The number of likely N-dealkylation sites (tertiary alicyclic amines) is 1. The summed E-state index contributed by atoms with van der Waals surface area (Å²) in [5.74, 6) is -0.0438. The lowest BCUT2D eigenvalue weighted by molar-refractivity contribution is -0.139. The van der Waals surface area contributed by atoms with Gasteiger partial charge < -0.3 is 20.3 Å². The number of hydrogen-bond donors (Lipinski definition) is 2. The molecule has 1 saturated heterocycles. The van der Waals surface area contributed by atoms with Gasteiger partial charge in [0.15, 0.2) is 0 Å². The van der Waals surface area contributed by atoms with E-state index in [-0.39, 0.29) is 24.3 Å². The van der Waals surface area contributed by atoms with Gasteiger partial charge in [0.05, 0.1) is 12.1 Å². The zero-order valence-corrected chi connectivity index (χ0v) is 17.7. The van der Waals surface area contributed by atoms with Crippen molar-refractivity contribution < 1.29 is 14.7 Å². The highest BCUT2D eigenvalue weighted by Gasteiger charge is 2.38. The van der Waals surface area contributed by atoms with Crippen molar-refractivity contribution in [3.8, 4) is 0 Å². The van der Waals surface area contributed by atoms with E-state index in [1.807, 2.05) is 61.3 Å². The van der Waals surface area contributed by atoms with Crippen molar-refractivity contribution in [1.29, 1.82) is 0 Å². The number of fused-ring (bicyclic) bond motifs is 1. The molecule has 0 aliphatic carbocycles. The van der Waals surface area contributed by atoms with Crippen molar-refractivity contribution in [2.24, 2.45) is 5.92 Å². The molecule has 3 heterocycles. The third kappa shape index (κ3) is 4.21. The fourth-order valence-electron chi connectivity index (χ4n) is 4.44. The van der Waals surface area contributed by atoms with Crippen molar-refractivity contribution in [1.82, 2.24) is 14.5 Å². The number of rotatable bonds is 5. The average Bonchev–Trinajstić information content (AvgIpc) is 3.12. The zero-order valence-electron chi connectivity index (χ0n) is 17.7. The fraction of sp³-hybridized carbons (Fsp3) is 0.478. The van der Waals surface area contributed by atoms with Crippen molar-refractivity contribution >= 4 is 11.8 Å². The largest absolute Gasteiger partial charge is 0.388 e. The highest BCUT2D eigenvalue weighted by molar-refractivity contribution is 5.94. The molecular weight excluding hydrogens is 380 g/mol. The van der Waals surface area contributed by atoms with E-state index in [0.29, 0.717) is 44.7 Å². The van der Waals surface area contributed by atoms with Crippen LogP contribution in [-0.4, -0.2) is 63.3 Å². The smallest absolute Gasteiger partial charge is 0.273 e. The van der Waals surface area contributed by atoms with Crippen LogP contribution in [-0.2, 0) is 11.2 Å². The molecular formula is C23H30N4O3. The second kappa shape index (κ2) is 8.14. The maximum absolute atomic E-state index is 12.9. The van der Waals surface area contributed by atoms with Crippen LogP contribution in [0.5, 0.6) is 0 Å². The summed E-state index contributed by atoms with van der Waals surface area (Å²) in [6.07, 6.45) is 3.55. The summed E-state index contributed by atoms with van der Waals surface area (Å²) in [5.41, 5.74) is 4.97. The number of carbonyl (C=O) groups is 2. The SMILES string of the molecule is Cc1cc2n(c1)NCN(CC1(O)CCN(C(=O)C(C)Cc3ccccc3)CC1)C2=O. The topological polar surface area (TPSA) is 77.8 Å². The number of piperidine rings is 1. The van der Waals surface area contributed by atoms with Crippen molar-refractivity contribution in [2.75, 3.05) is 31.7 Å². The van der Waals surface area contributed by atoms with Gasteiger partial charge in [0.2, 0.25) is 5.91 Å². The minimum absolute atomic E-state index is 0.0785. The molecule has 7 heteroatoms. The van der Waals surface area contributed by atoms with E-state index >= 15 is 0 Å². The molecule has 7 nitrogen and oxygen atoms in total. The summed E-state index contributed by atoms with van der Waals surface area (Å²) in [4.78, 5) is 29.1. The van der Waals surface area contributed by atoms with E-state index in [1.54, 1.807) is 9.58 Å². The molecule has 1 aromatic heterocycles. The minimum Gasteiger partial charge on any atom is -0.388 e. The molecule has 160 valence electrons. The minimum atomic E-state index is -0.972. The van der Waals surface area contributed by atoms with Gasteiger partial charge in [-0.25, -0.2) is 0 Å². The monoisotopic (exact) mass is 410 g/mol. The summed E-state index contributed by atoms with van der Waals surface area (Å²) in [6.45, 7) is 5.57. The molecule has 2 N–H and O–H groups in total. The first-order valence-electron chi connectivity index (χ1n) is 10.6. The first-order chi connectivity index (χ1) is 14.3. The van der Waals surface area contributed by atoms with Crippen LogP contribution in [0.25, 0.3) is 0 Å². The van der Waals surface area contributed by atoms with E-state index in [0.717, 1.165) is 11.1 Å². The lowest BCUT2D eigenvalue weighted by Gasteiger charge is -2.42. The first kappa shape index (κ1) is 20.5. The van der Waals surface area contributed by atoms with E-state index in [9.17, 15) is 14.7 Å². The summed E-state index contributed by atoms with van der Waals surface area (Å²) >= 11 is 0. The van der Waals surface area contributed by atoms with Gasteiger partial charge in [-0.15, -0.1) is 0 Å². The molecule has 1 aromatic carbocycles. The van der Waals surface area contributed by atoms with Crippen LogP contribution in [0, 0.1) is 12.8 Å². The number of aromatic nitrogens is 1. The molecule has 0 radical (unpaired) electrons. The van der Waals surface area contributed by atoms with Crippen molar-refractivity contribution in [3.05, 3.63) is 59.4 Å². The Labute approximate surface area is 177 Å². The van der Waals surface area contributed by atoms with Crippen LogP contribution >= 0.6 is 0 Å². The highest BCUT2D eigenvalue weighted by atomic mass is 16.3. The molecule has 0 bridgehead atoms. The van der Waals surface area contributed by atoms with Crippen LogP contribution in [0.4, 0.5) is 0 Å². The molecule has 2 aliphatic rings. The fourth-order valence-corrected chi connectivity index (χ4v) is 4.44. The molecule has 2 amide bonds. The van der Waals surface area contributed by atoms with Gasteiger partial charge in [0, 0.05) is 25.2 Å². The zero-order chi connectivity index (χ0) is 21.3. The lowest BCUT2D eigenvalue weighted by Crippen LogP contribution is -2.56. The van der Waals surface area contributed by atoms with Crippen LogP contribution in [0.15, 0.2) is 42.6 Å². The Bertz CT molecular complexity index is 916. The Morgan fingerprint density at radius 2 is 1.93 bits per heavy atom. The van der Waals surface area contributed by atoms with Crippen molar-refractivity contribution in [3.63, 3.8) is 0 Å². The van der Waals surface area contributed by atoms with Crippen LogP contribution < -0.4 is 5.43 Å². The maximum Gasteiger partial charge on any atom is 0.273 e. The summed E-state index contributed by atoms with van der Waals surface area (Å²) in [6, 6.07) is 11.9. The molecule has 0 saturated carbocycles. The summed E-state index contributed by atoms with van der Waals surface area (Å²) < 4.78 is 1.74. The maximum atomic E-state index is 12.9. The number of hydrogen-bond acceptors (Lipinski definition) is 4. The lowest BCUT2D eigenvalue weighted by atomic mass is 9.89. The van der Waals surface area contributed by atoms with Gasteiger partial charge in [-0.1, -0.05) is 37.3 Å². The molecule has 2 aromatic rings. The normalized spacial score (nSPS) is 19.2. The van der Waals surface area contributed by atoms with E-state index in [2.05, 4.69) is 5.43 Å². The average molecular weight is 411 g/mol. The Balaban J connectivity index is 1.32. The number of nitrogens with one attached hydrogen (secondary N) is 1. The van der Waals surface area contributed by atoms with Gasteiger partial charge >= 0.3 is 0 Å². The van der Waals surface area contributed by atoms with Crippen LogP contribution in [0.3, 0.4) is 0 Å². The molecule has 1 atom stereocenters. The molecule has 1 unspecified atom stereocenters. The predicted molar refractivity (Wildman–Crippen MR) is 115 cm³/mol. The Morgan fingerprint density at radius 1 is 1.23 bits per heavy atom. The number of amides is 2. The Morgan fingerprint density at radius 3 is 2.63 bits per heavy atom. The number of β-amino-alcohol motifs (C(OH)–C–C–N with tert-alkyl or cyclic N) is 1. The molecule has 2 aliphatic heterocycles. The molecule has 1 fully saturated rings. The predicted octanol–water partition coefficient (Wildman–Crippen LogP) is 1.99. The Kier molecular flexibility index (Phi) is 5.56. The third-order valence-corrected chi connectivity index (χ3v) is 6.19. The van der Waals surface area contributed by atoms with Gasteiger partial charge in [-0.2, -0.15) is 0 Å². The van der Waals surface area contributed by atoms with Gasteiger partial charge in [0.1, 0.15) is 12.4 Å². The Hall–Kier alpha value is -2.80. The third-order valence-electron chi connectivity index (χ3n) is 6.19. The number of aryl methyl sites for hydroxylation is 1. The summed E-state index contributed by atoms with van der Waals surface area (Å²) in [5, 5.41) is 11.1. The standard InChI is InChI=1S/C23H30N4O3/c1-17-12-20-22(29)26(16-24-27(20)14-17)15-23(30)8-10-25(11-9-23)21(28)18(2)13-19-6-4-3-5-7-19/h3-7,12,14,18,24,30H,8-11,13,15-16H2,1-2H3. The van der Waals surface area contributed by atoms with Gasteiger partial charge in [-0.3, -0.25) is 14.3 Å². The number of nitrogens with zero attached hydrogens (tertiary/aromatic N) is 3. The molecule has 4 rings (SSSR count). The van der Waals surface area contributed by atoms with E-state index in [4.69, 9.17) is 0 Å². The van der Waals surface area contributed by atoms with Crippen LogP contribution in [0.2, 0.25) is 0 Å². The second-order valence-corrected chi connectivity index (χ2v) is 8.73. The van der Waals surface area contributed by atoms with E-state index < -0.39 is 5.60 Å². The highest BCUT2D eigenvalue weighted by Crippen LogP contribution is 2.26. The molecule has 0 spiro atoms. The van der Waals surface area contributed by atoms with Crippen molar-refractivity contribution in [2.45, 2.75) is 38.7 Å². The second-order valence-electron chi connectivity index (χ2n) is 8.73. The van der Waals surface area contributed by atoms with Gasteiger partial charge in [0.25, 0.3) is 5.91 Å². The summed E-state index contributed by atoms with van der Waals surface area (Å²) in [7, 11) is 0. The van der Waals surface area contributed by atoms with Crippen LogP contribution in [0.1, 0.15) is 41.4 Å². The number of aliphatic hydroxyl groups is 1.